The quantitative estimate of drug-likeness (QED) is 0.768. The average molecular weight is 252 g/mol. The fourth-order valence-corrected chi connectivity index (χ4v) is 3.18. The molecule has 1 heterocycles. The Morgan fingerprint density at radius 3 is 1.88 bits per heavy atom. The predicted molar refractivity (Wildman–Crippen MR) is 73.7 cm³/mol. The lowest BCUT2D eigenvalue weighted by Crippen LogP contribution is -2.07. The van der Waals surface area contributed by atoms with Crippen molar-refractivity contribution in [1.82, 2.24) is 0 Å². The Balaban J connectivity index is 0.000000171. The second-order valence-electron chi connectivity index (χ2n) is 4.18. The van der Waals surface area contributed by atoms with Gasteiger partial charge >= 0.3 is 0 Å². The molecule has 3 heteroatoms. The summed E-state index contributed by atoms with van der Waals surface area (Å²) in [5.74, 6) is 0.847. The van der Waals surface area contributed by atoms with Crippen LogP contribution in [0.25, 0.3) is 6.08 Å². The summed E-state index contributed by atoms with van der Waals surface area (Å²) in [6, 6.07) is 10.0. The van der Waals surface area contributed by atoms with Gasteiger partial charge in [0.15, 0.2) is 0 Å². The van der Waals surface area contributed by atoms with Gasteiger partial charge < -0.3 is 0 Å². The molecule has 1 aromatic rings. The number of sulfone groups is 1. The molecule has 1 aliphatic rings. The molecule has 0 spiro atoms. The zero-order valence-corrected chi connectivity index (χ0v) is 11.0. The summed E-state index contributed by atoms with van der Waals surface area (Å²) in [5, 5.41) is 0. The maximum absolute atomic E-state index is 10.9. The van der Waals surface area contributed by atoms with Crippen molar-refractivity contribution >= 4 is 15.9 Å². The minimum atomic E-state index is -2.62. The Hall–Kier alpha value is -1.09. The summed E-state index contributed by atoms with van der Waals surface area (Å²) < 4.78 is 21.7. The highest BCUT2D eigenvalue weighted by molar-refractivity contribution is 7.91. The van der Waals surface area contributed by atoms with Crippen molar-refractivity contribution in [2.24, 2.45) is 0 Å². The molecule has 1 fully saturated rings. The molecule has 0 unspecified atom stereocenters. The van der Waals surface area contributed by atoms with Crippen LogP contribution in [0.3, 0.4) is 0 Å². The third-order valence-corrected chi connectivity index (χ3v) is 4.52. The van der Waals surface area contributed by atoms with E-state index in [2.05, 4.69) is 6.58 Å². The lowest BCUT2D eigenvalue weighted by molar-refractivity contribution is 0.595. The Morgan fingerprint density at radius 1 is 0.941 bits per heavy atom. The first kappa shape index (κ1) is 14.0. The van der Waals surface area contributed by atoms with E-state index < -0.39 is 9.84 Å². The van der Waals surface area contributed by atoms with Gasteiger partial charge in [-0.2, -0.15) is 0 Å². The summed E-state index contributed by atoms with van der Waals surface area (Å²) in [6.45, 7) is 3.63. The Labute approximate surface area is 104 Å². The molecule has 0 aromatic heterocycles. The van der Waals surface area contributed by atoms with E-state index in [1.165, 1.54) is 5.56 Å². The number of hydrogen-bond donors (Lipinski definition) is 0. The Bertz CT molecular complexity index is 407. The zero-order chi connectivity index (χ0) is 12.6. The first-order valence-electron chi connectivity index (χ1n) is 6.02. The van der Waals surface area contributed by atoms with Crippen LogP contribution < -0.4 is 0 Å². The van der Waals surface area contributed by atoms with Crippen LogP contribution in [0.4, 0.5) is 0 Å². The summed E-state index contributed by atoms with van der Waals surface area (Å²) in [6.07, 6.45) is 5.78. The number of rotatable bonds is 1. The van der Waals surface area contributed by atoms with Gasteiger partial charge in [0.25, 0.3) is 0 Å². The van der Waals surface area contributed by atoms with Crippen LogP contribution in [0.15, 0.2) is 36.9 Å². The SMILES string of the molecule is C=Cc1ccccc1.O=S1(=O)CCCCCC1. The molecule has 1 aliphatic heterocycles. The van der Waals surface area contributed by atoms with Crippen molar-refractivity contribution in [3.63, 3.8) is 0 Å². The van der Waals surface area contributed by atoms with Gasteiger partial charge in [-0.25, -0.2) is 8.42 Å². The number of hydrogen-bond acceptors (Lipinski definition) is 2. The van der Waals surface area contributed by atoms with Crippen molar-refractivity contribution in [2.45, 2.75) is 25.7 Å². The second-order valence-corrected chi connectivity index (χ2v) is 6.48. The molecule has 0 saturated carbocycles. The predicted octanol–water partition coefficient (Wildman–Crippen LogP) is 3.30. The van der Waals surface area contributed by atoms with E-state index in [0.717, 1.165) is 25.7 Å². The maximum atomic E-state index is 10.9. The van der Waals surface area contributed by atoms with Crippen molar-refractivity contribution in [3.8, 4) is 0 Å². The molecule has 0 bridgehead atoms. The number of benzene rings is 1. The Morgan fingerprint density at radius 2 is 1.47 bits per heavy atom. The van der Waals surface area contributed by atoms with Crippen LogP contribution in [0.1, 0.15) is 31.2 Å². The van der Waals surface area contributed by atoms with Gasteiger partial charge in [-0.15, -0.1) is 0 Å². The molecular weight excluding hydrogens is 232 g/mol. The minimum Gasteiger partial charge on any atom is -0.229 e. The molecule has 1 aromatic carbocycles. The fraction of sp³-hybridized carbons (Fsp3) is 0.429. The first-order valence-corrected chi connectivity index (χ1v) is 7.84. The van der Waals surface area contributed by atoms with Gasteiger partial charge in [-0.05, 0) is 18.4 Å². The molecule has 0 amide bonds. The average Bonchev–Trinajstić information content (AvgIpc) is 2.55. The van der Waals surface area contributed by atoms with E-state index >= 15 is 0 Å². The molecule has 0 aliphatic carbocycles. The Kier molecular flexibility index (Phi) is 5.98. The lowest BCUT2D eigenvalue weighted by atomic mass is 10.2. The molecule has 0 atom stereocenters. The van der Waals surface area contributed by atoms with Crippen LogP contribution in [0.2, 0.25) is 0 Å². The van der Waals surface area contributed by atoms with Crippen LogP contribution >= 0.6 is 0 Å². The molecule has 0 N–H and O–H groups in total. The molecule has 1 saturated heterocycles. The third kappa shape index (κ3) is 6.27. The van der Waals surface area contributed by atoms with Gasteiger partial charge in [-0.1, -0.05) is 55.8 Å². The minimum absolute atomic E-state index is 0.424. The summed E-state index contributed by atoms with van der Waals surface area (Å²) in [4.78, 5) is 0. The summed E-state index contributed by atoms with van der Waals surface area (Å²) in [5.41, 5.74) is 1.17. The zero-order valence-electron chi connectivity index (χ0n) is 10.1. The van der Waals surface area contributed by atoms with E-state index in [4.69, 9.17) is 0 Å². The molecule has 17 heavy (non-hydrogen) atoms. The second kappa shape index (κ2) is 7.28. The van der Waals surface area contributed by atoms with Gasteiger partial charge in [-0.3, -0.25) is 0 Å². The largest absolute Gasteiger partial charge is 0.229 e. The molecule has 2 rings (SSSR count). The summed E-state index contributed by atoms with van der Waals surface area (Å²) in [7, 11) is -2.62. The molecule has 0 radical (unpaired) electrons. The lowest BCUT2D eigenvalue weighted by Gasteiger charge is -1.93. The molecular formula is C14H20O2S. The van der Waals surface area contributed by atoms with Gasteiger partial charge in [0.05, 0.1) is 11.5 Å². The van der Waals surface area contributed by atoms with Crippen molar-refractivity contribution in [3.05, 3.63) is 42.5 Å². The van der Waals surface area contributed by atoms with E-state index in [1.54, 1.807) is 0 Å². The monoisotopic (exact) mass is 252 g/mol. The highest BCUT2D eigenvalue weighted by Crippen LogP contribution is 2.10. The highest BCUT2D eigenvalue weighted by atomic mass is 32.2. The fourth-order valence-electron chi connectivity index (χ4n) is 1.69. The van der Waals surface area contributed by atoms with Crippen molar-refractivity contribution < 1.29 is 8.42 Å². The molecule has 94 valence electrons. The third-order valence-electron chi connectivity index (χ3n) is 2.70. The van der Waals surface area contributed by atoms with Crippen LogP contribution in [0.5, 0.6) is 0 Å². The van der Waals surface area contributed by atoms with Gasteiger partial charge in [0.1, 0.15) is 9.84 Å². The van der Waals surface area contributed by atoms with Crippen molar-refractivity contribution in [1.29, 1.82) is 0 Å². The van der Waals surface area contributed by atoms with Gasteiger partial charge in [0.2, 0.25) is 0 Å². The first-order chi connectivity index (χ1) is 8.14. The standard InChI is InChI=1S/C8H8.C6H12O2S/c1-2-8-6-4-3-5-7-8;7-9(8)5-3-1-2-4-6-9/h2-7H,1H2;1-6H2. The van der Waals surface area contributed by atoms with Gasteiger partial charge in [0, 0.05) is 0 Å². The van der Waals surface area contributed by atoms with E-state index in [0.29, 0.717) is 11.5 Å². The van der Waals surface area contributed by atoms with E-state index in [9.17, 15) is 8.42 Å². The molecule has 2 nitrogen and oxygen atoms in total. The van der Waals surface area contributed by atoms with Crippen LogP contribution in [-0.2, 0) is 9.84 Å². The van der Waals surface area contributed by atoms with Crippen molar-refractivity contribution in [2.75, 3.05) is 11.5 Å². The maximum Gasteiger partial charge on any atom is 0.150 e. The van der Waals surface area contributed by atoms with Crippen LogP contribution in [-0.4, -0.2) is 19.9 Å². The van der Waals surface area contributed by atoms with Crippen LogP contribution in [0, 0.1) is 0 Å². The smallest absolute Gasteiger partial charge is 0.150 e. The van der Waals surface area contributed by atoms with E-state index in [-0.39, 0.29) is 0 Å². The highest BCUT2D eigenvalue weighted by Gasteiger charge is 2.12. The van der Waals surface area contributed by atoms with E-state index in [1.807, 2.05) is 36.4 Å². The normalized spacial score (nSPS) is 18.4. The summed E-state index contributed by atoms with van der Waals surface area (Å²) >= 11 is 0. The topological polar surface area (TPSA) is 34.1 Å².